The minimum atomic E-state index is 0.342. The van der Waals surface area contributed by atoms with Crippen LogP contribution in [0.2, 0.25) is 0 Å². The lowest BCUT2D eigenvalue weighted by molar-refractivity contribution is 0.585. The van der Waals surface area contributed by atoms with Gasteiger partial charge in [-0.25, -0.2) is 4.98 Å². The third-order valence-electron chi connectivity index (χ3n) is 2.83. The van der Waals surface area contributed by atoms with Crippen molar-refractivity contribution in [2.24, 2.45) is 0 Å². The van der Waals surface area contributed by atoms with Gasteiger partial charge in [-0.2, -0.15) is 11.8 Å². The summed E-state index contributed by atoms with van der Waals surface area (Å²) in [5.74, 6) is 1.13. The van der Waals surface area contributed by atoms with Gasteiger partial charge in [-0.1, -0.05) is 6.92 Å². The molecule has 0 aliphatic heterocycles. The van der Waals surface area contributed by atoms with Crippen molar-refractivity contribution < 1.29 is 0 Å². The summed E-state index contributed by atoms with van der Waals surface area (Å²) in [6.07, 6.45) is 2.14. The molecule has 0 aliphatic carbocycles. The van der Waals surface area contributed by atoms with E-state index in [1.807, 2.05) is 11.8 Å². The van der Waals surface area contributed by atoms with Crippen LogP contribution < -0.4 is 10.2 Å². The lowest BCUT2D eigenvalue weighted by atomic mass is 10.2. The van der Waals surface area contributed by atoms with E-state index < -0.39 is 0 Å². The fraction of sp³-hybridized carbons (Fsp3) is 0.750. The summed E-state index contributed by atoms with van der Waals surface area (Å²) >= 11 is 3.61. The van der Waals surface area contributed by atoms with Crippen molar-refractivity contribution in [3.05, 3.63) is 11.1 Å². The van der Waals surface area contributed by atoms with Gasteiger partial charge in [0.2, 0.25) is 0 Å². The van der Waals surface area contributed by atoms with Crippen molar-refractivity contribution in [2.75, 3.05) is 30.5 Å². The van der Waals surface area contributed by atoms with E-state index in [2.05, 4.69) is 49.7 Å². The second-order valence-corrected chi connectivity index (χ2v) is 6.00. The number of anilines is 1. The monoisotopic (exact) mass is 273 g/mol. The van der Waals surface area contributed by atoms with Crippen molar-refractivity contribution >= 4 is 28.2 Å². The first-order valence-corrected chi connectivity index (χ1v) is 8.28. The number of nitrogens with zero attached hydrogens (tertiary/aromatic N) is 2. The minimum absolute atomic E-state index is 0.342. The van der Waals surface area contributed by atoms with Gasteiger partial charge in [-0.15, -0.1) is 11.3 Å². The van der Waals surface area contributed by atoms with Crippen LogP contribution in [0.15, 0.2) is 5.38 Å². The minimum Gasteiger partial charge on any atom is -0.348 e. The summed E-state index contributed by atoms with van der Waals surface area (Å²) in [6, 6.07) is 0.868. The highest BCUT2D eigenvalue weighted by molar-refractivity contribution is 7.98. The standard InChI is InChI=1S/C12H23N3S2/c1-6-13-10(3)11-8-17-12(14-11)15(4)9(2)7-16-5/h8-10,13H,6-7H2,1-5H3. The van der Waals surface area contributed by atoms with Gasteiger partial charge < -0.3 is 10.2 Å². The number of aromatic nitrogens is 1. The highest BCUT2D eigenvalue weighted by Crippen LogP contribution is 2.25. The van der Waals surface area contributed by atoms with Crippen LogP contribution in [0.25, 0.3) is 0 Å². The summed E-state index contributed by atoms with van der Waals surface area (Å²) < 4.78 is 0. The zero-order valence-electron chi connectivity index (χ0n) is 11.4. The molecule has 17 heavy (non-hydrogen) atoms. The van der Waals surface area contributed by atoms with Crippen LogP contribution in [0.1, 0.15) is 32.5 Å². The van der Waals surface area contributed by atoms with Gasteiger partial charge in [-0.05, 0) is 26.6 Å². The van der Waals surface area contributed by atoms with Crippen LogP contribution in [-0.2, 0) is 0 Å². The molecule has 0 saturated carbocycles. The van der Waals surface area contributed by atoms with E-state index in [0.717, 1.165) is 23.1 Å². The number of thiazole rings is 1. The first-order chi connectivity index (χ1) is 8.10. The molecule has 0 fully saturated rings. The third-order valence-corrected chi connectivity index (χ3v) is 4.60. The maximum atomic E-state index is 4.70. The third kappa shape index (κ3) is 4.16. The Morgan fingerprint density at radius 3 is 2.82 bits per heavy atom. The predicted molar refractivity (Wildman–Crippen MR) is 80.5 cm³/mol. The number of rotatable bonds is 7. The molecular formula is C12H23N3S2. The molecule has 1 aromatic heterocycles. The number of thioether (sulfide) groups is 1. The molecule has 1 aromatic rings. The maximum Gasteiger partial charge on any atom is 0.185 e. The van der Waals surface area contributed by atoms with Gasteiger partial charge in [0.05, 0.1) is 5.69 Å². The Labute approximate surface area is 113 Å². The molecule has 1 rings (SSSR count). The van der Waals surface area contributed by atoms with Crippen LogP contribution in [0.4, 0.5) is 5.13 Å². The zero-order chi connectivity index (χ0) is 12.8. The maximum absolute atomic E-state index is 4.70. The summed E-state index contributed by atoms with van der Waals surface area (Å²) in [5, 5.41) is 6.66. The van der Waals surface area contributed by atoms with Crippen LogP contribution >= 0.6 is 23.1 Å². The van der Waals surface area contributed by atoms with E-state index in [4.69, 9.17) is 4.98 Å². The first-order valence-electron chi connectivity index (χ1n) is 6.00. The van der Waals surface area contributed by atoms with Gasteiger partial charge >= 0.3 is 0 Å². The van der Waals surface area contributed by atoms with Crippen molar-refractivity contribution in [1.29, 1.82) is 0 Å². The van der Waals surface area contributed by atoms with E-state index >= 15 is 0 Å². The Kier molecular flexibility index (Phi) is 6.30. The molecular weight excluding hydrogens is 250 g/mol. The molecule has 2 atom stereocenters. The normalized spacial score (nSPS) is 14.6. The molecule has 2 unspecified atom stereocenters. The molecule has 3 nitrogen and oxygen atoms in total. The molecule has 0 aliphatic rings. The van der Waals surface area contributed by atoms with Gasteiger partial charge in [0, 0.05) is 30.3 Å². The molecule has 1 N–H and O–H groups in total. The molecule has 98 valence electrons. The summed E-state index contributed by atoms with van der Waals surface area (Å²) in [5.41, 5.74) is 1.15. The Balaban J connectivity index is 2.66. The molecule has 0 spiro atoms. The van der Waals surface area contributed by atoms with E-state index in [9.17, 15) is 0 Å². The fourth-order valence-corrected chi connectivity index (χ4v) is 3.28. The van der Waals surface area contributed by atoms with Crippen molar-refractivity contribution in [3.63, 3.8) is 0 Å². The number of hydrogen-bond donors (Lipinski definition) is 1. The molecule has 0 saturated heterocycles. The molecule has 0 bridgehead atoms. The molecule has 0 radical (unpaired) electrons. The van der Waals surface area contributed by atoms with Gasteiger partial charge in [-0.3, -0.25) is 0 Å². The van der Waals surface area contributed by atoms with Crippen LogP contribution in [-0.4, -0.2) is 36.6 Å². The highest BCUT2D eigenvalue weighted by atomic mass is 32.2. The van der Waals surface area contributed by atoms with Crippen molar-refractivity contribution in [2.45, 2.75) is 32.9 Å². The van der Waals surface area contributed by atoms with E-state index in [-0.39, 0.29) is 0 Å². The number of nitrogens with one attached hydrogen (secondary N) is 1. The highest BCUT2D eigenvalue weighted by Gasteiger charge is 2.15. The zero-order valence-corrected chi connectivity index (χ0v) is 13.0. The Morgan fingerprint density at radius 1 is 1.53 bits per heavy atom. The quantitative estimate of drug-likeness (QED) is 0.826. The molecule has 0 aromatic carbocycles. The first kappa shape index (κ1) is 14.8. The Hall–Kier alpha value is -0.260. The smallest absolute Gasteiger partial charge is 0.185 e. The SMILES string of the molecule is CCNC(C)c1csc(N(C)C(C)CSC)n1. The largest absolute Gasteiger partial charge is 0.348 e. The van der Waals surface area contributed by atoms with E-state index in [0.29, 0.717) is 12.1 Å². The van der Waals surface area contributed by atoms with Crippen molar-refractivity contribution in [1.82, 2.24) is 10.3 Å². The van der Waals surface area contributed by atoms with E-state index in [1.54, 1.807) is 11.3 Å². The topological polar surface area (TPSA) is 28.2 Å². The summed E-state index contributed by atoms with van der Waals surface area (Å²) in [7, 11) is 2.13. The van der Waals surface area contributed by atoms with Crippen LogP contribution in [0.3, 0.4) is 0 Å². The Bertz CT molecular complexity index is 327. The van der Waals surface area contributed by atoms with E-state index in [1.165, 1.54) is 0 Å². The summed E-state index contributed by atoms with van der Waals surface area (Å²) in [6.45, 7) is 7.50. The average molecular weight is 273 g/mol. The van der Waals surface area contributed by atoms with Gasteiger partial charge in [0.25, 0.3) is 0 Å². The second-order valence-electron chi connectivity index (χ2n) is 4.25. The van der Waals surface area contributed by atoms with Gasteiger partial charge in [0.15, 0.2) is 5.13 Å². The fourth-order valence-electron chi connectivity index (χ4n) is 1.59. The van der Waals surface area contributed by atoms with Crippen LogP contribution in [0.5, 0.6) is 0 Å². The molecule has 0 amide bonds. The lowest BCUT2D eigenvalue weighted by Crippen LogP contribution is -2.30. The molecule has 1 heterocycles. The van der Waals surface area contributed by atoms with Gasteiger partial charge in [0.1, 0.15) is 0 Å². The molecule has 5 heteroatoms. The number of hydrogen-bond acceptors (Lipinski definition) is 5. The second kappa shape index (κ2) is 7.24. The predicted octanol–water partition coefficient (Wildman–Crippen LogP) is 3.00. The van der Waals surface area contributed by atoms with Crippen molar-refractivity contribution in [3.8, 4) is 0 Å². The summed E-state index contributed by atoms with van der Waals surface area (Å²) in [4.78, 5) is 6.97. The lowest BCUT2D eigenvalue weighted by Gasteiger charge is -2.23. The Morgan fingerprint density at radius 2 is 2.24 bits per heavy atom. The van der Waals surface area contributed by atoms with Crippen LogP contribution in [0, 0.1) is 0 Å². The average Bonchev–Trinajstić information content (AvgIpc) is 2.78.